The number of aromatic nitrogens is 3. The zero-order valence-electron chi connectivity index (χ0n) is 15.9. The largest absolute Gasteiger partial charge is 0.393 e. The van der Waals surface area contributed by atoms with E-state index in [1.165, 1.54) is 12.4 Å². The van der Waals surface area contributed by atoms with Crippen LogP contribution in [0, 0.1) is 5.82 Å². The summed E-state index contributed by atoms with van der Waals surface area (Å²) in [5.74, 6) is 0.178. The fourth-order valence-corrected chi connectivity index (χ4v) is 4.32. The third-order valence-electron chi connectivity index (χ3n) is 5.86. The molecule has 1 aromatic carbocycles. The molecule has 4 N–H and O–H groups in total. The third kappa shape index (κ3) is 3.14. The smallest absolute Gasteiger partial charge is 0.151 e. The van der Waals surface area contributed by atoms with Crippen molar-refractivity contribution in [2.45, 2.75) is 57.7 Å². The predicted octanol–water partition coefficient (Wildman–Crippen LogP) is 3.19. The molecule has 0 amide bonds. The van der Waals surface area contributed by atoms with E-state index in [-0.39, 0.29) is 18.6 Å². The SMILES string of the molecule is CCc1cc(-c2cc(C3CCC(O)CC3)n3ncnc(N)c23)cc(F)c1CO. The summed E-state index contributed by atoms with van der Waals surface area (Å²) in [6.07, 6.45) is 5.06. The third-order valence-corrected chi connectivity index (χ3v) is 5.86. The second-order valence-electron chi connectivity index (χ2n) is 7.50. The quantitative estimate of drug-likeness (QED) is 0.642. The van der Waals surface area contributed by atoms with Crippen LogP contribution >= 0.6 is 0 Å². The molecule has 1 aliphatic rings. The number of fused-ring (bicyclic) bond motifs is 1. The summed E-state index contributed by atoms with van der Waals surface area (Å²) in [6.45, 7) is 1.61. The molecule has 3 aromatic rings. The number of aliphatic hydroxyl groups is 2. The van der Waals surface area contributed by atoms with E-state index in [1.807, 2.05) is 23.6 Å². The van der Waals surface area contributed by atoms with Crippen LogP contribution in [0.15, 0.2) is 24.5 Å². The van der Waals surface area contributed by atoms with Crippen molar-refractivity contribution < 1.29 is 14.6 Å². The molecule has 0 radical (unpaired) electrons. The Labute approximate surface area is 162 Å². The lowest BCUT2D eigenvalue weighted by Gasteiger charge is -2.24. The van der Waals surface area contributed by atoms with Crippen molar-refractivity contribution in [1.29, 1.82) is 0 Å². The molecule has 0 atom stereocenters. The van der Waals surface area contributed by atoms with Gasteiger partial charge in [-0.15, -0.1) is 0 Å². The molecule has 6 nitrogen and oxygen atoms in total. The van der Waals surface area contributed by atoms with Crippen molar-refractivity contribution in [3.8, 4) is 11.1 Å². The lowest BCUT2D eigenvalue weighted by atomic mass is 9.85. The lowest BCUT2D eigenvalue weighted by Crippen LogP contribution is -2.18. The molecule has 28 heavy (non-hydrogen) atoms. The van der Waals surface area contributed by atoms with Crippen molar-refractivity contribution in [3.63, 3.8) is 0 Å². The van der Waals surface area contributed by atoms with E-state index in [4.69, 9.17) is 5.73 Å². The predicted molar refractivity (Wildman–Crippen MR) is 105 cm³/mol. The summed E-state index contributed by atoms with van der Waals surface area (Å²) >= 11 is 0. The van der Waals surface area contributed by atoms with Gasteiger partial charge < -0.3 is 15.9 Å². The van der Waals surface area contributed by atoms with Crippen LogP contribution in [0.2, 0.25) is 0 Å². The van der Waals surface area contributed by atoms with E-state index in [1.54, 1.807) is 0 Å². The summed E-state index contributed by atoms with van der Waals surface area (Å²) in [6, 6.07) is 5.38. The van der Waals surface area contributed by atoms with Gasteiger partial charge in [0.25, 0.3) is 0 Å². The molecule has 2 aromatic heterocycles. The fourth-order valence-electron chi connectivity index (χ4n) is 4.32. The number of anilines is 1. The maximum Gasteiger partial charge on any atom is 0.151 e. The van der Waals surface area contributed by atoms with E-state index in [2.05, 4.69) is 10.1 Å². The highest BCUT2D eigenvalue weighted by atomic mass is 19.1. The Morgan fingerprint density at radius 1 is 1.21 bits per heavy atom. The number of nitrogen functional groups attached to an aromatic ring is 1. The molecule has 1 aliphatic carbocycles. The maximum absolute atomic E-state index is 14.6. The molecule has 0 saturated heterocycles. The van der Waals surface area contributed by atoms with Crippen LogP contribution < -0.4 is 5.73 Å². The Hall–Kier alpha value is -2.51. The molecule has 1 saturated carbocycles. The van der Waals surface area contributed by atoms with Gasteiger partial charge in [-0.1, -0.05) is 13.0 Å². The van der Waals surface area contributed by atoms with Crippen LogP contribution in [-0.4, -0.2) is 30.9 Å². The van der Waals surface area contributed by atoms with E-state index in [9.17, 15) is 14.6 Å². The molecular weight excluding hydrogens is 359 g/mol. The first-order chi connectivity index (χ1) is 13.5. The molecule has 1 fully saturated rings. The molecule has 0 spiro atoms. The molecule has 0 bridgehead atoms. The number of benzene rings is 1. The Bertz CT molecular complexity index is 1010. The molecule has 0 aliphatic heterocycles. The molecular formula is C21H25FN4O2. The van der Waals surface area contributed by atoms with Gasteiger partial charge in [-0.05, 0) is 55.4 Å². The second kappa shape index (κ2) is 7.48. The first kappa shape index (κ1) is 18.8. The molecule has 0 unspecified atom stereocenters. The van der Waals surface area contributed by atoms with Gasteiger partial charge in [0.1, 0.15) is 17.7 Å². The van der Waals surface area contributed by atoms with Crippen molar-refractivity contribution >= 4 is 11.3 Å². The summed E-state index contributed by atoms with van der Waals surface area (Å²) in [5, 5.41) is 23.7. The van der Waals surface area contributed by atoms with Crippen molar-refractivity contribution in [2.75, 3.05) is 5.73 Å². The fraction of sp³-hybridized carbons (Fsp3) is 0.429. The molecule has 2 heterocycles. The van der Waals surface area contributed by atoms with Gasteiger partial charge in [0.15, 0.2) is 5.82 Å². The minimum atomic E-state index is -0.422. The first-order valence-electron chi connectivity index (χ1n) is 9.76. The highest BCUT2D eigenvalue weighted by molar-refractivity contribution is 5.88. The van der Waals surface area contributed by atoms with Crippen LogP contribution in [-0.2, 0) is 13.0 Å². The number of halogens is 1. The number of hydrogen-bond donors (Lipinski definition) is 3. The van der Waals surface area contributed by atoms with E-state index >= 15 is 0 Å². The van der Waals surface area contributed by atoms with E-state index in [0.717, 1.165) is 42.5 Å². The van der Waals surface area contributed by atoms with Gasteiger partial charge in [0.05, 0.1) is 12.7 Å². The summed E-state index contributed by atoms with van der Waals surface area (Å²) in [4.78, 5) is 4.13. The molecule has 148 valence electrons. The molecule has 7 heteroatoms. The van der Waals surface area contributed by atoms with Gasteiger partial charge >= 0.3 is 0 Å². The van der Waals surface area contributed by atoms with Gasteiger partial charge in [-0.2, -0.15) is 5.10 Å². The van der Waals surface area contributed by atoms with Gasteiger partial charge in [0, 0.05) is 22.7 Å². The zero-order valence-corrected chi connectivity index (χ0v) is 15.9. The van der Waals surface area contributed by atoms with Crippen LogP contribution in [0.5, 0.6) is 0 Å². The minimum absolute atomic E-state index is 0.242. The average Bonchev–Trinajstić information content (AvgIpc) is 3.09. The van der Waals surface area contributed by atoms with Gasteiger partial charge in [-0.25, -0.2) is 13.9 Å². The highest BCUT2D eigenvalue weighted by Gasteiger charge is 2.26. The van der Waals surface area contributed by atoms with Crippen LogP contribution in [0.25, 0.3) is 16.6 Å². The number of rotatable bonds is 4. The lowest BCUT2D eigenvalue weighted by molar-refractivity contribution is 0.121. The van der Waals surface area contributed by atoms with Gasteiger partial charge in [0.2, 0.25) is 0 Å². The van der Waals surface area contributed by atoms with E-state index < -0.39 is 5.82 Å². The number of nitrogens with two attached hydrogens (primary N) is 1. The normalized spacial score (nSPS) is 20.0. The van der Waals surface area contributed by atoms with Gasteiger partial charge in [-0.3, -0.25) is 0 Å². The Balaban J connectivity index is 1.90. The zero-order chi connectivity index (χ0) is 19.8. The Morgan fingerprint density at radius 3 is 2.64 bits per heavy atom. The topological polar surface area (TPSA) is 96.7 Å². The highest BCUT2D eigenvalue weighted by Crippen LogP contribution is 2.39. The average molecular weight is 384 g/mol. The Morgan fingerprint density at radius 2 is 1.96 bits per heavy atom. The van der Waals surface area contributed by atoms with E-state index in [0.29, 0.717) is 28.9 Å². The van der Waals surface area contributed by atoms with Crippen molar-refractivity contribution in [3.05, 3.63) is 47.2 Å². The summed E-state index contributed by atoms with van der Waals surface area (Å²) in [5.41, 5.74) is 10.5. The first-order valence-corrected chi connectivity index (χ1v) is 9.76. The molecule has 4 rings (SSSR count). The Kier molecular flexibility index (Phi) is 5.03. The number of hydrogen-bond acceptors (Lipinski definition) is 5. The van der Waals surface area contributed by atoms with Crippen LogP contribution in [0.3, 0.4) is 0 Å². The monoisotopic (exact) mass is 384 g/mol. The standard InChI is InChI=1S/C21H25FN4O2/c1-2-12-7-14(8-18(22)17(12)10-27)16-9-19(13-3-5-15(28)6-4-13)26-20(16)21(23)24-11-25-26/h7-9,11,13,15,27-28H,2-6,10H2,1H3,(H2,23,24,25). The maximum atomic E-state index is 14.6. The minimum Gasteiger partial charge on any atom is -0.393 e. The summed E-state index contributed by atoms with van der Waals surface area (Å²) in [7, 11) is 0. The number of aryl methyl sites for hydroxylation is 1. The van der Waals surface area contributed by atoms with Crippen molar-refractivity contribution in [2.24, 2.45) is 0 Å². The van der Waals surface area contributed by atoms with Crippen molar-refractivity contribution in [1.82, 2.24) is 14.6 Å². The van der Waals surface area contributed by atoms with Crippen LogP contribution in [0.4, 0.5) is 10.2 Å². The number of aliphatic hydroxyl groups excluding tert-OH is 2. The number of nitrogens with zero attached hydrogens (tertiary/aromatic N) is 3. The summed E-state index contributed by atoms with van der Waals surface area (Å²) < 4.78 is 16.4. The van der Waals surface area contributed by atoms with Crippen LogP contribution in [0.1, 0.15) is 55.3 Å². The second-order valence-corrected chi connectivity index (χ2v) is 7.50.